The molecule has 0 aliphatic rings. The Bertz CT molecular complexity index is 545. The molecule has 0 aliphatic heterocycles. The SMILES string of the molecule is Nc1ccc(Br)cc1C(O)c1ccccc1F. The van der Waals surface area contributed by atoms with Crippen molar-refractivity contribution in [1.29, 1.82) is 0 Å². The van der Waals surface area contributed by atoms with Crippen LogP contribution in [0, 0.1) is 5.82 Å². The molecule has 1 atom stereocenters. The highest BCUT2D eigenvalue weighted by atomic mass is 79.9. The molecule has 0 saturated carbocycles. The average Bonchev–Trinajstić information content (AvgIpc) is 2.32. The number of hydrogen-bond donors (Lipinski definition) is 2. The van der Waals surface area contributed by atoms with Gasteiger partial charge in [-0.15, -0.1) is 0 Å². The number of aliphatic hydroxyl groups is 1. The third kappa shape index (κ3) is 2.48. The zero-order valence-electron chi connectivity index (χ0n) is 8.90. The fourth-order valence-corrected chi connectivity index (χ4v) is 2.03. The lowest BCUT2D eigenvalue weighted by Crippen LogP contribution is -2.05. The van der Waals surface area contributed by atoms with Gasteiger partial charge in [-0.25, -0.2) is 4.39 Å². The van der Waals surface area contributed by atoms with Gasteiger partial charge in [0.2, 0.25) is 0 Å². The zero-order chi connectivity index (χ0) is 12.4. The molecule has 0 radical (unpaired) electrons. The van der Waals surface area contributed by atoms with E-state index in [1.54, 1.807) is 36.4 Å². The molecular weight excluding hydrogens is 285 g/mol. The lowest BCUT2D eigenvalue weighted by molar-refractivity contribution is 0.215. The predicted octanol–water partition coefficient (Wildman–Crippen LogP) is 3.25. The molecule has 0 fully saturated rings. The molecule has 0 bridgehead atoms. The van der Waals surface area contributed by atoms with Crippen LogP contribution in [0.3, 0.4) is 0 Å². The van der Waals surface area contributed by atoms with Gasteiger partial charge in [0.05, 0.1) is 0 Å². The molecule has 2 rings (SSSR count). The first-order chi connectivity index (χ1) is 8.09. The van der Waals surface area contributed by atoms with Gasteiger partial charge >= 0.3 is 0 Å². The van der Waals surface area contributed by atoms with Crippen molar-refractivity contribution in [2.24, 2.45) is 0 Å². The first-order valence-corrected chi connectivity index (χ1v) is 5.86. The van der Waals surface area contributed by atoms with E-state index >= 15 is 0 Å². The van der Waals surface area contributed by atoms with Crippen LogP contribution in [0.2, 0.25) is 0 Å². The van der Waals surface area contributed by atoms with E-state index in [2.05, 4.69) is 15.9 Å². The van der Waals surface area contributed by atoms with E-state index in [0.717, 1.165) is 4.47 Å². The number of anilines is 1. The summed E-state index contributed by atoms with van der Waals surface area (Å²) in [5, 5.41) is 10.1. The molecule has 3 N–H and O–H groups in total. The summed E-state index contributed by atoms with van der Waals surface area (Å²) in [6.07, 6.45) is -1.06. The van der Waals surface area contributed by atoms with Crippen molar-refractivity contribution in [2.45, 2.75) is 6.10 Å². The topological polar surface area (TPSA) is 46.2 Å². The van der Waals surface area contributed by atoms with Crippen LogP contribution in [0.15, 0.2) is 46.9 Å². The molecule has 2 aromatic rings. The lowest BCUT2D eigenvalue weighted by Gasteiger charge is -2.14. The van der Waals surface area contributed by atoms with Crippen LogP contribution in [-0.2, 0) is 0 Å². The molecule has 0 aromatic heterocycles. The summed E-state index contributed by atoms with van der Waals surface area (Å²) in [7, 11) is 0. The monoisotopic (exact) mass is 295 g/mol. The minimum absolute atomic E-state index is 0.220. The second kappa shape index (κ2) is 4.85. The van der Waals surface area contributed by atoms with E-state index in [1.165, 1.54) is 6.07 Å². The Morgan fingerprint density at radius 3 is 2.53 bits per heavy atom. The molecule has 0 spiro atoms. The van der Waals surface area contributed by atoms with Crippen LogP contribution in [0.4, 0.5) is 10.1 Å². The summed E-state index contributed by atoms with van der Waals surface area (Å²) < 4.78 is 14.3. The number of rotatable bonds is 2. The van der Waals surface area contributed by atoms with Crippen molar-refractivity contribution in [3.8, 4) is 0 Å². The highest BCUT2D eigenvalue weighted by Crippen LogP contribution is 2.30. The maximum Gasteiger partial charge on any atom is 0.129 e. The van der Waals surface area contributed by atoms with Crippen LogP contribution >= 0.6 is 15.9 Å². The predicted molar refractivity (Wildman–Crippen MR) is 69.0 cm³/mol. The lowest BCUT2D eigenvalue weighted by atomic mass is 10.00. The smallest absolute Gasteiger partial charge is 0.129 e. The van der Waals surface area contributed by atoms with Crippen molar-refractivity contribution in [3.05, 3.63) is 63.9 Å². The Hall–Kier alpha value is -1.39. The van der Waals surface area contributed by atoms with E-state index in [1.807, 2.05) is 0 Å². The highest BCUT2D eigenvalue weighted by Gasteiger charge is 2.17. The largest absolute Gasteiger partial charge is 0.398 e. The Morgan fingerprint density at radius 1 is 1.12 bits per heavy atom. The fraction of sp³-hybridized carbons (Fsp3) is 0.0769. The van der Waals surface area contributed by atoms with Gasteiger partial charge in [-0.3, -0.25) is 0 Å². The molecule has 0 saturated heterocycles. The van der Waals surface area contributed by atoms with E-state index in [-0.39, 0.29) is 5.56 Å². The molecule has 1 unspecified atom stereocenters. The van der Waals surface area contributed by atoms with Gasteiger partial charge in [0.15, 0.2) is 0 Å². The Morgan fingerprint density at radius 2 is 1.82 bits per heavy atom. The molecule has 0 heterocycles. The molecule has 0 amide bonds. The average molecular weight is 296 g/mol. The molecule has 0 aliphatic carbocycles. The van der Waals surface area contributed by atoms with Crippen molar-refractivity contribution in [1.82, 2.24) is 0 Å². The second-order valence-electron chi connectivity index (χ2n) is 3.70. The zero-order valence-corrected chi connectivity index (χ0v) is 10.5. The fourth-order valence-electron chi connectivity index (χ4n) is 1.65. The third-order valence-corrected chi connectivity index (χ3v) is 3.04. The Kier molecular flexibility index (Phi) is 3.45. The maximum atomic E-state index is 13.5. The van der Waals surface area contributed by atoms with E-state index < -0.39 is 11.9 Å². The third-order valence-electron chi connectivity index (χ3n) is 2.54. The van der Waals surface area contributed by atoms with Gasteiger partial charge in [0.1, 0.15) is 11.9 Å². The summed E-state index contributed by atoms with van der Waals surface area (Å²) in [5.41, 5.74) is 6.92. The van der Waals surface area contributed by atoms with Gasteiger partial charge in [-0.2, -0.15) is 0 Å². The minimum Gasteiger partial charge on any atom is -0.398 e. The van der Waals surface area contributed by atoms with E-state index in [0.29, 0.717) is 11.3 Å². The number of hydrogen-bond acceptors (Lipinski definition) is 2. The summed E-state index contributed by atoms with van der Waals surface area (Å²) in [6, 6.07) is 11.2. The maximum absolute atomic E-state index is 13.5. The quantitative estimate of drug-likeness (QED) is 0.836. The number of benzene rings is 2. The molecular formula is C13H11BrFNO. The van der Waals surface area contributed by atoms with Gasteiger partial charge < -0.3 is 10.8 Å². The van der Waals surface area contributed by atoms with Gasteiger partial charge in [-0.1, -0.05) is 34.1 Å². The summed E-state index contributed by atoms with van der Waals surface area (Å²) >= 11 is 3.30. The van der Waals surface area contributed by atoms with Crippen molar-refractivity contribution < 1.29 is 9.50 Å². The van der Waals surface area contributed by atoms with Crippen LogP contribution in [-0.4, -0.2) is 5.11 Å². The summed E-state index contributed by atoms with van der Waals surface area (Å²) in [6.45, 7) is 0. The number of nitrogens with two attached hydrogens (primary N) is 1. The van der Waals surface area contributed by atoms with Crippen LogP contribution in [0.25, 0.3) is 0 Å². The van der Waals surface area contributed by atoms with Crippen molar-refractivity contribution >= 4 is 21.6 Å². The molecule has 88 valence electrons. The molecule has 17 heavy (non-hydrogen) atoms. The minimum atomic E-state index is -1.06. The second-order valence-corrected chi connectivity index (χ2v) is 4.61. The van der Waals surface area contributed by atoms with Gasteiger partial charge in [0, 0.05) is 21.3 Å². The van der Waals surface area contributed by atoms with Crippen molar-refractivity contribution in [3.63, 3.8) is 0 Å². The normalized spacial score (nSPS) is 12.4. The number of aliphatic hydroxyl groups excluding tert-OH is 1. The Labute approximate surface area is 107 Å². The van der Waals surface area contributed by atoms with Gasteiger partial charge in [-0.05, 0) is 24.3 Å². The molecule has 2 nitrogen and oxygen atoms in total. The molecule has 4 heteroatoms. The van der Waals surface area contributed by atoms with Crippen LogP contribution in [0.5, 0.6) is 0 Å². The van der Waals surface area contributed by atoms with Crippen LogP contribution in [0.1, 0.15) is 17.2 Å². The van der Waals surface area contributed by atoms with Crippen molar-refractivity contribution in [2.75, 3.05) is 5.73 Å². The number of halogens is 2. The standard InChI is InChI=1S/C13H11BrFNO/c14-8-5-6-12(16)10(7-8)13(17)9-3-1-2-4-11(9)15/h1-7,13,17H,16H2. The molecule has 2 aromatic carbocycles. The number of nitrogen functional groups attached to an aromatic ring is 1. The van der Waals surface area contributed by atoms with E-state index in [9.17, 15) is 9.50 Å². The Balaban J connectivity index is 2.47. The highest BCUT2D eigenvalue weighted by molar-refractivity contribution is 9.10. The summed E-state index contributed by atoms with van der Waals surface area (Å²) in [5.74, 6) is -0.445. The van der Waals surface area contributed by atoms with Crippen LogP contribution < -0.4 is 5.73 Å². The first kappa shape index (κ1) is 12.1. The van der Waals surface area contributed by atoms with E-state index in [4.69, 9.17) is 5.73 Å². The summed E-state index contributed by atoms with van der Waals surface area (Å²) in [4.78, 5) is 0. The first-order valence-electron chi connectivity index (χ1n) is 5.07. The van der Waals surface area contributed by atoms with Gasteiger partial charge in [0.25, 0.3) is 0 Å².